The highest BCUT2D eigenvalue weighted by Crippen LogP contribution is 2.51. The SMILES string of the molecule is CCc1c(C(C)(C)C)cc(C(C)C)c(OC(C)C)c1C.CCc1c(C(C)(C)C)cc(C(C)C)c(OC(C)C)c1C(C)(C)C.CCc1c(C(C)(C)C)cc(C(C)C)c(OC(C)C)c1C(C)C.CCc1c(C(C)(C)C)cc(C(C)C)c(OC(C)C)c1CC.CCc1c(C(C)C)cc(C(C)C)c(OC(C)C)c1C(C)(C)C.CCc1cc(C(C)C)c(OC(C)C)c(C(C)(C)C)c1CC.CCc1ccc(C(C)C)c(OC(C)C)c1. The first-order valence-corrected chi connectivity index (χ1v) is 57.7. The maximum Gasteiger partial charge on any atom is 0.127 e. The van der Waals surface area contributed by atoms with E-state index in [4.69, 9.17) is 33.2 Å². The van der Waals surface area contributed by atoms with E-state index in [9.17, 15) is 0 Å². The van der Waals surface area contributed by atoms with E-state index in [1.807, 2.05) is 0 Å². The number of ether oxygens (including phenoxy) is 7. The van der Waals surface area contributed by atoms with E-state index >= 15 is 0 Å². The highest BCUT2D eigenvalue weighted by atomic mass is 16.5. The molecule has 0 saturated carbocycles. The molecule has 0 aromatic heterocycles. The van der Waals surface area contributed by atoms with Crippen LogP contribution in [0.2, 0.25) is 0 Å². The monoisotopic (exact) mass is 1990 g/mol. The smallest absolute Gasteiger partial charge is 0.127 e. The van der Waals surface area contributed by atoms with Crippen molar-refractivity contribution in [2.75, 3.05) is 0 Å². The van der Waals surface area contributed by atoms with Gasteiger partial charge in [-0.3, -0.25) is 0 Å². The summed E-state index contributed by atoms with van der Waals surface area (Å²) in [5, 5.41) is 0. The van der Waals surface area contributed by atoms with E-state index < -0.39 is 0 Å². The summed E-state index contributed by atoms with van der Waals surface area (Å²) in [6.07, 6.45) is 11.1. The number of hydrogen-bond acceptors (Lipinski definition) is 7. The van der Waals surface area contributed by atoms with Gasteiger partial charge in [-0.05, 0) is 381 Å². The van der Waals surface area contributed by atoms with Crippen LogP contribution < -0.4 is 33.2 Å². The number of aryl methyl sites for hydroxylation is 2. The van der Waals surface area contributed by atoms with Gasteiger partial charge in [-0.15, -0.1) is 0 Å². The molecule has 0 aliphatic carbocycles. The first-order chi connectivity index (χ1) is 65.7. The lowest BCUT2D eigenvalue weighted by Crippen LogP contribution is -2.24. The third-order valence-corrected chi connectivity index (χ3v) is 26.9. The van der Waals surface area contributed by atoms with Crippen molar-refractivity contribution >= 4 is 0 Å². The van der Waals surface area contributed by atoms with Crippen molar-refractivity contribution in [1.29, 1.82) is 0 Å². The molecule has 0 aliphatic rings. The minimum Gasteiger partial charge on any atom is -0.491 e. The van der Waals surface area contributed by atoms with Gasteiger partial charge in [0, 0.05) is 22.3 Å². The van der Waals surface area contributed by atoms with Crippen molar-refractivity contribution in [2.45, 2.75) is 628 Å². The lowest BCUT2D eigenvalue weighted by Gasteiger charge is -2.34. The molecule has 7 rings (SSSR count). The number of benzene rings is 7. The zero-order valence-corrected chi connectivity index (χ0v) is 107. The maximum absolute atomic E-state index is 6.37. The molecule has 7 aromatic carbocycles. The zero-order valence-electron chi connectivity index (χ0n) is 107. The molecular formula is C137H232O7. The van der Waals surface area contributed by atoms with Crippen LogP contribution in [0.5, 0.6) is 40.2 Å². The molecule has 7 nitrogen and oxygen atoms in total. The predicted octanol–water partition coefficient (Wildman–Crippen LogP) is 41.9. The molecule has 0 N–H and O–H groups in total. The van der Waals surface area contributed by atoms with Gasteiger partial charge in [0.2, 0.25) is 0 Å². The summed E-state index contributed by atoms with van der Waals surface area (Å²) in [4.78, 5) is 0. The van der Waals surface area contributed by atoms with E-state index in [2.05, 4.69) is 491 Å². The Hall–Kier alpha value is -6.86. The summed E-state index contributed by atoms with van der Waals surface area (Å²) in [7, 11) is 0. The first-order valence-electron chi connectivity index (χ1n) is 57.7. The summed E-state index contributed by atoms with van der Waals surface area (Å²) in [5.74, 6) is 12.2. The Kier molecular flexibility index (Phi) is 54.4. The summed E-state index contributed by atoms with van der Waals surface area (Å²) in [6, 6.07) is 21.0. The highest BCUT2D eigenvalue weighted by Gasteiger charge is 2.37. The van der Waals surface area contributed by atoms with Crippen molar-refractivity contribution in [2.24, 2.45) is 0 Å². The predicted molar refractivity (Wildman–Crippen MR) is 642 cm³/mol. The van der Waals surface area contributed by atoms with Gasteiger partial charge in [0.1, 0.15) is 40.2 Å². The summed E-state index contributed by atoms with van der Waals surface area (Å²) >= 11 is 0. The van der Waals surface area contributed by atoms with E-state index in [1.54, 1.807) is 0 Å². The van der Waals surface area contributed by atoms with Gasteiger partial charge >= 0.3 is 0 Å². The van der Waals surface area contributed by atoms with Crippen molar-refractivity contribution in [3.8, 4) is 40.2 Å². The van der Waals surface area contributed by atoms with Gasteiger partial charge < -0.3 is 33.2 Å². The third kappa shape index (κ3) is 38.9. The fraction of sp³-hybridized carbons (Fsp3) is 0.693. The van der Waals surface area contributed by atoms with Crippen LogP contribution in [0.15, 0.2) is 54.6 Å². The molecule has 0 aliphatic heterocycles. The molecule has 0 unspecified atom stereocenters. The van der Waals surface area contributed by atoms with Crippen LogP contribution in [0.3, 0.4) is 0 Å². The van der Waals surface area contributed by atoms with Crippen LogP contribution in [0.1, 0.15) is 627 Å². The van der Waals surface area contributed by atoms with Crippen LogP contribution in [-0.4, -0.2) is 42.7 Å². The van der Waals surface area contributed by atoms with E-state index in [-0.39, 0.29) is 80.6 Å². The van der Waals surface area contributed by atoms with Crippen LogP contribution in [0.4, 0.5) is 0 Å². The Labute approximate surface area is 894 Å². The minimum atomic E-state index is 0.0699. The van der Waals surface area contributed by atoms with Crippen molar-refractivity contribution < 1.29 is 33.2 Å². The second kappa shape index (κ2) is 57.9. The Morgan fingerprint density at radius 1 is 0.194 bits per heavy atom. The van der Waals surface area contributed by atoms with Gasteiger partial charge in [0.25, 0.3) is 0 Å². The Bertz CT molecular complexity index is 5010. The molecule has 7 heteroatoms. The molecule has 0 amide bonds. The molecule has 144 heavy (non-hydrogen) atoms. The molecule has 0 heterocycles. The number of rotatable bonds is 32. The molecule has 0 atom stereocenters. The van der Waals surface area contributed by atoms with Gasteiger partial charge in [-0.1, -0.05) is 381 Å². The largest absolute Gasteiger partial charge is 0.491 e. The molecule has 7 aromatic rings. The van der Waals surface area contributed by atoms with Gasteiger partial charge in [-0.25, -0.2) is 0 Å². The average molecular weight is 1990 g/mol. The van der Waals surface area contributed by atoms with Gasteiger partial charge in [-0.2, -0.15) is 0 Å². The quantitative estimate of drug-likeness (QED) is 0.0416. The molecule has 0 fully saturated rings. The van der Waals surface area contributed by atoms with Crippen molar-refractivity contribution in [1.82, 2.24) is 0 Å². The second-order valence-corrected chi connectivity index (χ2v) is 53.1. The normalized spacial score (nSPS) is 12.4. The average Bonchev–Trinajstić information content (AvgIpc) is 0.740. The summed E-state index contributed by atoms with van der Waals surface area (Å²) in [6.45, 7) is 141. The van der Waals surface area contributed by atoms with Crippen LogP contribution in [0, 0.1) is 6.92 Å². The molecule has 0 saturated heterocycles. The highest BCUT2D eigenvalue weighted by molar-refractivity contribution is 5.62. The maximum atomic E-state index is 6.37. The van der Waals surface area contributed by atoms with Crippen LogP contribution in [-0.2, 0) is 95.7 Å². The second-order valence-electron chi connectivity index (χ2n) is 53.1. The Balaban J connectivity index is 0.000000842. The number of hydrogen-bond donors (Lipinski definition) is 0. The molecule has 0 bridgehead atoms. The van der Waals surface area contributed by atoms with E-state index in [0.29, 0.717) is 53.3 Å². The van der Waals surface area contributed by atoms with Crippen LogP contribution >= 0.6 is 0 Å². The third-order valence-electron chi connectivity index (χ3n) is 26.9. The Morgan fingerprint density at radius 2 is 0.451 bits per heavy atom. The van der Waals surface area contributed by atoms with Crippen molar-refractivity contribution in [3.05, 3.63) is 199 Å². The lowest BCUT2D eigenvalue weighted by molar-refractivity contribution is 0.232. The Morgan fingerprint density at radius 3 is 0.743 bits per heavy atom. The van der Waals surface area contributed by atoms with E-state index in [1.165, 1.54) is 145 Å². The molecule has 822 valence electrons. The van der Waals surface area contributed by atoms with Gasteiger partial charge in [0.05, 0.1) is 42.7 Å². The van der Waals surface area contributed by atoms with Crippen LogP contribution in [0.25, 0.3) is 0 Å². The molecular weight excluding hydrogens is 1760 g/mol. The summed E-state index contributed by atoms with van der Waals surface area (Å²) < 4.78 is 43.6. The molecule has 0 spiro atoms. The summed E-state index contributed by atoms with van der Waals surface area (Å²) in [5.41, 5.74) is 37.9. The topological polar surface area (TPSA) is 64.6 Å². The zero-order chi connectivity index (χ0) is 112. The van der Waals surface area contributed by atoms with Crippen molar-refractivity contribution in [3.63, 3.8) is 0 Å². The van der Waals surface area contributed by atoms with Gasteiger partial charge in [0.15, 0.2) is 0 Å². The fourth-order valence-electron chi connectivity index (χ4n) is 20.3. The minimum absolute atomic E-state index is 0.0699. The lowest BCUT2D eigenvalue weighted by atomic mass is 9.73. The molecule has 0 radical (unpaired) electrons. The standard InChI is InChI=1S/C22H38O.2C21H36O.2C20H34O.C19H32O.C14H22O/c1-12-16-18(21(6,7)8)13-17(14(2)3)20(23-15(4)5)19(16)22(9,10)11;1-11-16-18(21(8,9)10)12-17(13(2)3)20(22-15(6)7)19(16)14(4)5;1-11-16-17(13(2)3)12-18(14(4)5)20(22-15(6)7)19(16)21(8,9)10;1-10-15-16(11-2)19(21-14(5)6)17(13(3)4)12-18(15)20(7,8)9;1-10-15-12-17(13(3)4)19(21-14(5)6)18(16(15)11-2)20(7,8)9;1-10-15-14(6)18(20-13(4)5)16(12(2)3)11-17(15)19(7,8)9;1-6-12-7-8-13(10(2)3)14(9-12)15-11(4)5/h13-15H,12H2,1-11H3;2*12-15H,11H2,1-10H3;2*12-14H,10-11H2,1-9H3;11-13H,10H2,1-9H3;7-11H,6H2,1-5H3. The van der Waals surface area contributed by atoms with E-state index in [0.717, 1.165) is 98.0 Å². The fourth-order valence-corrected chi connectivity index (χ4v) is 20.3. The first kappa shape index (κ1) is 135.